The van der Waals surface area contributed by atoms with Crippen molar-refractivity contribution in [2.24, 2.45) is 0 Å². The Bertz CT molecular complexity index is 892. The molecule has 0 aliphatic carbocycles. The fourth-order valence-electron chi connectivity index (χ4n) is 2.72. The maximum Gasteiger partial charge on any atom is 0.272 e. The third-order valence-electron chi connectivity index (χ3n) is 4.20. The number of hydrogen-bond acceptors (Lipinski definition) is 6. The summed E-state index contributed by atoms with van der Waals surface area (Å²) in [5, 5.41) is 19.4. The van der Waals surface area contributed by atoms with E-state index < -0.39 is 0 Å². The largest absolute Gasteiger partial charge is 0.395 e. The molecule has 1 unspecified atom stereocenters. The first kappa shape index (κ1) is 17.6. The molecule has 7 heteroatoms. The van der Waals surface area contributed by atoms with Gasteiger partial charge in [-0.2, -0.15) is 5.26 Å². The normalized spacial score (nSPS) is 17.0. The Balaban J connectivity index is 2.12. The third-order valence-corrected chi connectivity index (χ3v) is 5.44. The van der Waals surface area contributed by atoms with Gasteiger partial charge in [-0.25, -0.2) is 4.98 Å². The van der Waals surface area contributed by atoms with E-state index in [2.05, 4.69) is 30.7 Å². The lowest BCUT2D eigenvalue weighted by molar-refractivity contribution is 0.282. The molecular weight excluding hydrogens is 336 g/mol. The predicted molar refractivity (Wildman–Crippen MR) is 96.5 cm³/mol. The van der Waals surface area contributed by atoms with E-state index in [4.69, 9.17) is 0 Å². The van der Waals surface area contributed by atoms with Crippen molar-refractivity contribution in [1.82, 2.24) is 14.5 Å². The van der Waals surface area contributed by atoms with Crippen molar-refractivity contribution >= 4 is 11.8 Å². The molecule has 1 aliphatic heterocycles. The van der Waals surface area contributed by atoms with Crippen molar-refractivity contribution in [2.45, 2.75) is 49.6 Å². The minimum Gasteiger partial charge on any atom is -0.395 e. The summed E-state index contributed by atoms with van der Waals surface area (Å²) >= 11 is 1.38. The average molecular weight is 356 g/mol. The van der Waals surface area contributed by atoms with Gasteiger partial charge in [0.15, 0.2) is 5.16 Å². The topological polar surface area (TPSA) is 91.8 Å². The molecule has 0 spiro atoms. The van der Waals surface area contributed by atoms with Gasteiger partial charge in [0.2, 0.25) is 0 Å². The second-order valence-electron chi connectivity index (χ2n) is 7.08. The Morgan fingerprint density at radius 3 is 2.76 bits per heavy atom. The highest BCUT2D eigenvalue weighted by Crippen LogP contribution is 2.31. The summed E-state index contributed by atoms with van der Waals surface area (Å²) in [5.41, 5.74) is 1.57. The van der Waals surface area contributed by atoms with Crippen molar-refractivity contribution in [3.63, 3.8) is 0 Å². The summed E-state index contributed by atoms with van der Waals surface area (Å²) < 4.78 is 1.52. The van der Waals surface area contributed by atoms with Crippen LogP contribution in [0.2, 0.25) is 0 Å². The lowest BCUT2D eigenvalue weighted by Gasteiger charge is -2.24. The van der Waals surface area contributed by atoms with Gasteiger partial charge in [-0.05, 0) is 18.6 Å². The zero-order chi connectivity index (χ0) is 18.2. The van der Waals surface area contributed by atoms with Crippen LogP contribution in [0.3, 0.4) is 0 Å². The molecular formula is C18H20N4O2S. The van der Waals surface area contributed by atoms with Crippen LogP contribution in [0.4, 0.5) is 0 Å². The Kier molecular flexibility index (Phi) is 4.67. The fraction of sp³-hybridized carbons (Fsp3) is 0.444. The molecule has 0 saturated heterocycles. The van der Waals surface area contributed by atoms with E-state index >= 15 is 0 Å². The van der Waals surface area contributed by atoms with Crippen molar-refractivity contribution in [1.29, 1.82) is 5.26 Å². The van der Waals surface area contributed by atoms with Gasteiger partial charge in [0.25, 0.3) is 5.56 Å². The van der Waals surface area contributed by atoms with Crippen LogP contribution in [0.5, 0.6) is 0 Å². The van der Waals surface area contributed by atoms with E-state index in [9.17, 15) is 15.2 Å². The smallest absolute Gasteiger partial charge is 0.272 e. The number of aliphatic hydroxyl groups is 1. The molecule has 1 atom stereocenters. The maximum absolute atomic E-state index is 12.7. The highest BCUT2D eigenvalue weighted by Gasteiger charge is 2.25. The third kappa shape index (κ3) is 3.32. The second kappa shape index (κ2) is 6.62. The summed E-state index contributed by atoms with van der Waals surface area (Å²) in [6.07, 6.45) is 2.35. The van der Waals surface area contributed by atoms with E-state index in [1.165, 1.54) is 16.3 Å². The fourth-order valence-corrected chi connectivity index (χ4v) is 3.76. The van der Waals surface area contributed by atoms with Crippen LogP contribution in [-0.4, -0.2) is 31.5 Å². The van der Waals surface area contributed by atoms with Crippen LogP contribution in [0.25, 0.3) is 11.3 Å². The zero-order valence-corrected chi connectivity index (χ0v) is 15.3. The highest BCUT2D eigenvalue weighted by atomic mass is 32.2. The molecule has 1 aliphatic rings. The monoisotopic (exact) mass is 356 g/mol. The molecule has 25 heavy (non-hydrogen) atoms. The number of aliphatic hydroxyl groups excluding tert-OH is 1. The minimum absolute atomic E-state index is 0.0223. The van der Waals surface area contributed by atoms with Gasteiger partial charge in [0.05, 0.1) is 12.3 Å². The Labute approximate surface area is 150 Å². The Hall–Kier alpha value is -2.17. The maximum atomic E-state index is 12.7. The van der Waals surface area contributed by atoms with Gasteiger partial charge in [0.1, 0.15) is 11.6 Å². The molecule has 1 N–H and O–H groups in total. The molecule has 0 amide bonds. The number of nitrogens with zero attached hydrogens (tertiary/aromatic N) is 4. The number of rotatable bonds is 2. The van der Waals surface area contributed by atoms with E-state index in [1.54, 1.807) is 6.20 Å². The van der Waals surface area contributed by atoms with Gasteiger partial charge >= 0.3 is 0 Å². The lowest BCUT2D eigenvalue weighted by Crippen LogP contribution is -2.32. The van der Waals surface area contributed by atoms with Crippen LogP contribution in [0.1, 0.15) is 38.4 Å². The van der Waals surface area contributed by atoms with Crippen LogP contribution < -0.4 is 5.56 Å². The molecule has 0 fully saturated rings. The molecule has 0 radical (unpaired) electrons. The number of nitriles is 1. The first-order chi connectivity index (χ1) is 11.8. The van der Waals surface area contributed by atoms with Gasteiger partial charge in [-0.15, -0.1) is 0 Å². The highest BCUT2D eigenvalue weighted by molar-refractivity contribution is 7.99. The van der Waals surface area contributed by atoms with Gasteiger partial charge in [0, 0.05) is 34.7 Å². The van der Waals surface area contributed by atoms with E-state index in [1.807, 2.05) is 18.2 Å². The van der Waals surface area contributed by atoms with Gasteiger partial charge < -0.3 is 5.11 Å². The van der Waals surface area contributed by atoms with Crippen molar-refractivity contribution in [2.75, 3.05) is 6.61 Å². The summed E-state index contributed by atoms with van der Waals surface area (Å²) in [6.45, 7) is 6.73. The minimum atomic E-state index is -0.328. The summed E-state index contributed by atoms with van der Waals surface area (Å²) in [4.78, 5) is 21.7. The van der Waals surface area contributed by atoms with Crippen LogP contribution in [-0.2, 0) is 12.0 Å². The van der Waals surface area contributed by atoms with Crippen molar-refractivity contribution < 1.29 is 5.11 Å². The molecule has 6 nitrogen and oxygen atoms in total. The Morgan fingerprint density at radius 1 is 1.44 bits per heavy atom. The number of thioether (sulfide) groups is 1. The van der Waals surface area contributed by atoms with Crippen molar-refractivity contribution in [3.8, 4) is 17.3 Å². The number of aromatic nitrogens is 3. The Morgan fingerprint density at radius 2 is 2.20 bits per heavy atom. The summed E-state index contributed by atoms with van der Waals surface area (Å²) in [5.74, 6) is 0. The molecule has 0 aromatic carbocycles. The number of fused-ring (bicyclic) bond motifs is 1. The second-order valence-corrected chi connectivity index (χ2v) is 8.35. The molecule has 3 heterocycles. The van der Waals surface area contributed by atoms with E-state index in [0.29, 0.717) is 29.4 Å². The van der Waals surface area contributed by atoms with Crippen LogP contribution >= 0.6 is 11.8 Å². The molecule has 130 valence electrons. The number of pyridine rings is 1. The first-order valence-electron chi connectivity index (χ1n) is 8.14. The van der Waals surface area contributed by atoms with Gasteiger partial charge in [-0.3, -0.25) is 14.3 Å². The van der Waals surface area contributed by atoms with Crippen LogP contribution in [0, 0.1) is 11.3 Å². The van der Waals surface area contributed by atoms with Crippen LogP contribution in [0.15, 0.2) is 28.3 Å². The predicted octanol–water partition coefficient (Wildman–Crippen LogP) is 2.33. The number of hydrogen-bond donors (Lipinski definition) is 1. The van der Waals surface area contributed by atoms with E-state index in [-0.39, 0.29) is 28.4 Å². The molecule has 0 bridgehead atoms. The molecule has 2 aromatic heterocycles. The average Bonchev–Trinajstić information content (AvgIpc) is 2.60. The lowest BCUT2D eigenvalue weighted by atomic mass is 9.91. The standard InChI is InChI=1S/C18H20N4O2S/c1-18(2,3)14-5-4-11(9-20-14)15-13(8-19)16(24)22-7-6-12(10-23)25-17(22)21-15/h4-5,9,12,23H,6-7,10H2,1-3H3. The first-order valence-corrected chi connectivity index (χ1v) is 9.02. The van der Waals surface area contributed by atoms with Crippen molar-refractivity contribution in [3.05, 3.63) is 39.9 Å². The zero-order valence-electron chi connectivity index (χ0n) is 14.5. The molecule has 3 rings (SSSR count). The van der Waals surface area contributed by atoms with E-state index in [0.717, 1.165) is 5.69 Å². The summed E-state index contributed by atoms with van der Waals surface area (Å²) in [6, 6.07) is 5.75. The SMILES string of the molecule is CC(C)(C)c1ccc(-c2nc3n(c(=O)c2C#N)CCC(CO)S3)cn1. The van der Waals surface area contributed by atoms with Gasteiger partial charge in [-0.1, -0.05) is 32.5 Å². The quantitative estimate of drug-likeness (QED) is 0.831. The molecule has 2 aromatic rings. The summed E-state index contributed by atoms with van der Waals surface area (Å²) in [7, 11) is 0. The molecule has 0 saturated carbocycles.